The van der Waals surface area contributed by atoms with Crippen molar-refractivity contribution < 1.29 is 0 Å². The summed E-state index contributed by atoms with van der Waals surface area (Å²) in [5, 5.41) is 8.25. The monoisotopic (exact) mass is 610 g/mol. The zero-order valence-corrected chi connectivity index (χ0v) is 28.3. The zero-order valence-electron chi connectivity index (χ0n) is 25.9. The highest BCUT2D eigenvalue weighted by Gasteiger charge is 2.61. The fourth-order valence-electron chi connectivity index (χ4n) is 11.5. The largest absolute Gasteiger partial charge is 0.313 e. The van der Waals surface area contributed by atoms with E-state index in [-0.39, 0.29) is 5.16 Å². The molecular formula is C39H52N2P2. The van der Waals surface area contributed by atoms with Crippen LogP contribution in [0.15, 0.2) is 77.9 Å². The van der Waals surface area contributed by atoms with Crippen LogP contribution in [0, 0.1) is 29.1 Å². The molecule has 8 atom stereocenters. The number of rotatable bonds is 7. The van der Waals surface area contributed by atoms with E-state index in [1.165, 1.54) is 87.9 Å². The number of allylic oxidation sites excluding steroid dienone is 3. The molecule has 0 spiro atoms. The third kappa shape index (κ3) is 4.80. The predicted octanol–water partition coefficient (Wildman–Crippen LogP) is 8.38. The highest BCUT2D eigenvalue weighted by Crippen LogP contribution is 2.71. The van der Waals surface area contributed by atoms with Crippen molar-refractivity contribution in [1.29, 1.82) is 0 Å². The molecule has 0 amide bonds. The van der Waals surface area contributed by atoms with Gasteiger partial charge in [0.25, 0.3) is 0 Å². The number of piperidine rings is 2. The van der Waals surface area contributed by atoms with Gasteiger partial charge in [-0.15, -0.1) is 18.5 Å². The van der Waals surface area contributed by atoms with Crippen molar-refractivity contribution in [3.05, 3.63) is 89.0 Å². The minimum absolute atomic E-state index is 0.0193. The Balaban J connectivity index is 1.41. The maximum absolute atomic E-state index is 4.13. The van der Waals surface area contributed by atoms with Gasteiger partial charge in [-0.1, -0.05) is 79.6 Å². The molecule has 4 bridgehead atoms. The van der Waals surface area contributed by atoms with Crippen molar-refractivity contribution in [3.63, 3.8) is 0 Å². The van der Waals surface area contributed by atoms with E-state index in [0.29, 0.717) is 23.4 Å². The summed E-state index contributed by atoms with van der Waals surface area (Å²) in [6, 6.07) is 24.1. The second-order valence-corrected chi connectivity index (χ2v) is 16.6. The second kappa shape index (κ2) is 11.8. The minimum atomic E-state index is -0.0193. The number of nitrogens with one attached hydrogen (secondary N) is 2. The topological polar surface area (TPSA) is 24.1 Å². The van der Waals surface area contributed by atoms with Gasteiger partial charge in [0, 0.05) is 23.2 Å². The third-order valence-electron chi connectivity index (χ3n) is 13.0. The highest BCUT2D eigenvalue weighted by molar-refractivity contribution is 7.19. The molecule has 2 nitrogen and oxygen atoms in total. The first kappa shape index (κ1) is 29.1. The highest BCUT2D eigenvalue weighted by atomic mass is 31.0. The lowest BCUT2D eigenvalue weighted by Crippen LogP contribution is -2.62. The maximum atomic E-state index is 4.13. The van der Waals surface area contributed by atoms with E-state index in [2.05, 4.69) is 95.9 Å². The van der Waals surface area contributed by atoms with Gasteiger partial charge in [0.15, 0.2) is 0 Å². The first-order valence-corrected chi connectivity index (χ1v) is 19.0. The van der Waals surface area contributed by atoms with Crippen molar-refractivity contribution >= 4 is 24.1 Å². The van der Waals surface area contributed by atoms with Crippen LogP contribution in [0.1, 0.15) is 87.7 Å². The van der Waals surface area contributed by atoms with E-state index in [1.807, 2.05) is 5.57 Å². The molecule has 2 N–H and O–H groups in total. The van der Waals surface area contributed by atoms with Crippen LogP contribution >= 0.6 is 18.5 Å². The molecule has 2 aromatic rings. The molecule has 4 heteroatoms. The summed E-state index contributed by atoms with van der Waals surface area (Å²) < 4.78 is 0. The molecule has 8 unspecified atom stereocenters. The average molecular weight is 611 g/mol. The maximum Gasteiger partial charge on any atom is 0.0402 e. The molecule has 2 aliphatic heterocycles. The van der Waals surface area contributed by atoms with Gasteiger partial charge in [-0.05, 0) is 134 Å². The first-order chi connectivity index (χ1) is 21.1. The van der Waals surface area contributed by atoms with E-state index >= 15 is 0 Å². The fourth-order valence-corrected chi connectivity index (χ4v) is 13.2. The van der Waals surface area contributed by atoms with Crippen molar-refractivity contribution in [1.82, 2.24) is 10.6 Å². The molecule has 9 rings (SSSR count). The Labute approximate surface area is 265 Å². The smallest absolute Gasteiger partial charge is 0.0402 e. The van der Waals surface area contributed by atoms with Crippen LogP contribution in [-0.2, 0) is 0 Å². The molecule has 2 saturated heterocycles. The van der Waals surface area contributed by atoms with Crippen LogP contribution in [0.4, 0.5) is 0 Å². The van der Waals surface area contributed by atoms with Gasteiger partial charge in [0.05, 0.1) is 0 Å². The lowest BCUT2D eigenvalue weighted by Gasteiger charge is -2.63. The van der Waals surface area contributed by atoms with Crippen LogP contribution in [0.25, 0.3) is 5.57 Å². The molecule has 2 heterocycles. The van der Waals surface area contributed by atoms with Crippen molar-refractivity contribution in [2.75, 3.05) is 19.3 Å². The van der Waals surface area contributed by atoms with Gasteiger partial charge in [0.1, 0.15) is 0 Å². The Morgan fingerprint density at radius 3 is 1.93 bits per heavy atom. The van der Waals surface area contributed by atoms with Gasteiger partial charge in [-0.3, -0.25) is 0 Å². The van der Waals surface area contributed by atoms with Gasteiger partial charge in [0.2, 0.25) is 0 Å². The zero-order chi connectivity index (χ0) is 29.0. The van der Waals surface area contributed by atoms with Crippen molar-refractivity contribution in [2.45, 2.75) is 93.8 Å². The Morgan fingerprint density at radius 2 is 1.37 bits per heavy atom. The second-order valence-electron chi connectivity index (χ2n) is 15.2. The Kier molecular flexibility index (Phi) is 8.00. The molecule has 43 heavy (non-hydrogen) atoms. The summed E-state index contributed by atoms with van der Waals surface area (Å²) in [7, 11) is 6.88. The Hall–Kier alpha value is -1.30. The van der Waals surface area contributed by atoms with E-state index in [1.54, 1.807) is 11.1 Å². The standard InChI is InChI=1S/C39H52N2P2/c42-25-33-30-20-26-19-27(21-30)24-38(33,23-26)37-32(39(43,34-15-7-9-17-40-34)35-16-8-10-18-41-35)22-31(28-11-3-1-4-12-28)36(37)29-13-5-2-6-14-29/h1-6,11-14,22,26-27,30,33-36,40-41H,7-10,15-21,23-25,42-43H2. The molecule has 5 aliphatic carbocycles. The number of benzene rings is 2. The van der Waals surface area contributed by atoms with Crippen molar-refractivity contribution in [2.24, 2.45) is 29.1 Å². The van der Waals surface area contributed by atoms with Crippen molar-refractivity contribution in [3.8, 4) is 0 Å². The molecule has 0 aromatic heterocycles. The van der Waals surface area contributed by atoms with Gasteiger partial charge in [-0.25, -0.2) is 0 Å². The molecule has 4 saturated carbocycles. The molecule has 7 aliphatic rings. The summed E-state index contributed by atoms with van der Waals surface area (Å²) in [5.74, 6) is 3.83. The Morgan fingerprint density at radius 1 is 0.767 bits per heavy atom. The average Bonchev–Trinajstić information content (AvgIpc) is 3.48. The first-order valence-electron chi connectivity index (χ1n) is 17.6. The lowest BCUT2D eigenvalue weighted by atomic mass is 9.42. The summed E-state index contributed by atoms with van der Waals surface area (Å²) in [4.78, 5) is 0. The van der Waals surface area contributed by atoms with Crippen LogP contribution in [-0.4, -0.2) is 36.5 Å². The van der Waals surface area contributed by atoms with E-state index in [9.17, 15) is 0 Å². The van der Waals surface area contributed by atoms with Gasteiger partial charge < -0.3 is 10.6 Å². The summed E-state index contributed by atoms with van der Waals surface area (Å²) in [5.41, 5.74) is 8.31. The molecule has 2 aromatic carbocycles. The molecule has 228 valence electrons. The minimum Gasteiger partial charge on any atom is -0.313 e. The Bertz CT molecular complexity index is 1320. The molecule has 0 radical (unpaired) electrons. The molecular weight excluding hydrogens is 558 g/mol. The summed E-state index contributed by atoms with van der Waals surface area (Å²) in [6.07, 6.45) is 19.1. The normalized spacial score (nSPS) is 38.7. The van der Waals surface area contributed by atoms with Gasteiger partial charge >= 0.3 is 0 Å². The summed E-state index contributed by atoms with van der Waals surface area (Å²) >= 11 is 0. The lowest BCUT2D eigenvalue weighted by molar-refractivity contribution is -0.0800. The van der Waals surface area contributed by atoms with E-state index in [4.69, 9.17) is 0 Å². The summed E-state index contributed by atoms with van der Waals surface area (Å²) in [6.45, 7) is 2.30. The fraction of sp³-hybridized carbons (Fsp3) is 0.590. The van der Waals surface area contributed by atoms with E-state index in [0.717, 1.165) is 36.8 Å². The predicted molar refractivity (Wildman–Crippen MR) is 188 cm³/mol. The molecule has 6 fully saturated rings. The van der Waals surface area contributed by atoms with E-state index < -0.39 is 0 Å². The van der Waals surface area contributed by atoms with Crippen LogP contribution in [0.2, 0.25) is 0 Å². The van der Waals surface area contributed by atoms with Crippen LogP contribution in [0.3, 0.4) is 0 Å². The third-order valence-corrected chi connectivity index (χ3v) is 14.6. The van der Waals surface area contributed by atoms with Gasteiger partial charge in [-0.2, -0.15) is 0 Å². The quantitative estimate of drug-likeness (QED) is 0.308. The number of hydrogen-bond acceptors (Lipinski definition) is 2. The SMILES string of the molecule is PCC1C2CC3CC(C2)CC1(C1=C(C(P)(C2CCCCN2)C2CCCCN2)C=C(c2ccccc2)C1c1ccccc1)C3. The number of hydrogen-bond donors (Lipinski definition) is 2. The van der Waals surface area contributed by atoms with Crippen LogP contribution < -0.4 is 10.6 Å². The van der Waals surface area contributed by atoms with Crippen LogP contribution in [0.5, 0.6) is 0 Å².